The Kier molecular flexibility index (Phi) is 7.24. The largest absolute Gasteiger partial charge is 0.356 e. The maximum atomic E-state index is 4.66. The molecule has 2 heterocycles. The van der Waals surface area contributed by atoms with Gasteiger partial charge >= 0.3 is 0 Å². The Morgan fingerprint density at radius 1 is 1.33 bits per heavy atom. The van der Waals surface area contributed by atoms with Crippen molar-refractivity contribution in [2.45, 2.75) is 46.7 Å². The van der Waals surface area contributed by atoms with Gasteiger partial charge in [-0.15, -0.1) is 21.5 Å². The number of rotatable bonds is 8. The van der Waals surface area contributed by atoms with E-state index in [-0.39, 0.29) is 0 Å². The summed E-state index contributed by atoms with van der Waals surface area (Å²) in [6.07, 6.45) is 2.36. The Labute approximate surface area is 148 Å². The third kappa shape index (κ3) is 5.96. The fourth-order valence-corrected chi connectivity index (χ4v) is 2.86. The average Bonchev–Trinajstić information content (AvgIpc) is 3.17. The summed E-state index contributed by atoms with van der Waals surface area (Å²) in [5.74, 6) is 3.32. The van der Waals surface area contributed by atoms with Gasteiger partial charge in [0, 0.05) is 18.5 Å². The minimum absolute atomic E-state index is 0.515. The van der Waals surface area contributed by atoms with Crippen LogP contribution in [0.1, 0.15) is 43.2 Å². The lowest BCUT2D eigenvalue weighted by Gasteiger charge is -2.12. The summed E-state index contributed by atoms with van der Waals surface area (Å²) in [7, 11) is 1.97. The van der Waals surface area contributed by atoms with Crippen molar-refractivity contribution in [3.8, 4) is 0 Å². The number of hydrogen-bond acceptors (Lipinski definition) is 4. The van der Waals surface area contributed by atoms with Gasteiger partial charge in [0.25, 0.3) is 0 Å². The van der Waals surface area contributed by atoms with E-state index in [1.807, 2.05) is 18.5 Å². The zero-order valence-corrected chi connectivity index (χ0v) is 15.9. The normalized spacial score (nSPS) is 12.0. The molecular weight excluding hydrogens is 320 g/mol. The SMILES string of the molecule is Cc1nnc(CN=C(NCCCC(C)C)NCc2cccs2)n1C. The molecule has 6 nitrogen and oxygen atoms in total. The highest BCUT2D eigenvalue weighted by atomic mass is 32.1. The number of hydrogen-bond donors (Lipinski definition) is 2. The number of guanidine groups is 1. The maximum absolute atomic E-state index is 4.66. The second-order valence-corrected chi connectivity index (χ2v) is 7.32. The molecule has 0 saturated carbocycles. The number of nitrogens with zero attached hydrogens (tertiary/aromatic N) is 4. The van der Waals surface area contributed by atoms with Gasteiger partial charge in [-0.25, -0.2) is 4.99 Å². The molecule has 24 heavy (non-hydrogen) atoms. The second kappa shape index (κ2) is 9.42. The highest BCUT2D eigenvalue weighted by Crippen LogP contribution is 2.07. The Bertz CT molecular complexity index is 630. The fraction of sp³-hybridized carbons (Fsp3) is 0.588. The lowest BCUT2D eigenvalue weighted by molar-refractivity contribution is 0.549. The van der Waals surface area contributed by atoms with Crippen molar-refractivity contribution in [1.29, 1.82) is 0 Å². The Hall–Kier alpha value is -1.89. The summed E-state index contributed by atoms with van der Waals surface area (Å²) in [4.78, 5) is 5.95. The summed E-state index contributed by atoms with van der Waals surface area (Å²) in [6.45, 7) is 8.67. The van der Waals surface area contributed by atoms with Gasteiger partial charge in [-0.1, -0.05) is 19.9 Å². The Balaban J connectivity index is 1.92. The summed E-state index contributed by atoms with van der Waals surface area (Å²) in [5.41, 5.74) is 0. The molecule has 0 aliphatic rings. The van der Waals surface area contributed by atoms with Crippen molar-refractivity contribution in [3.63, 3.8) is 0 Å². The molecule has 0 aliphatic carbocycles. The molecule has 2 aromatic rings. The second-order valence-electron chi connectivity index (χ2n) is 6.28. The average molecular weight is 349 g/mol. The van der Waals surface area contributed by atoms with E-state index in [0.717, 1.165) is 43.0 Å². The molecule has 0 amide bonds. The van der Waals surface area contributed by atoms with Gasteiger partial charge in [-0.05, 0) is 37.1 Å². The van der Waals surface area contributed by atoms with Crippen LogP contribution in [-0.4, -0.2) is 27.3 Å². The van der Waals surface area contributed by atoms with E-state index < -0.39 is 0 Å². The molecule has 2 aromatic heterocycles. The van der Waals surface area contributed by atoms with Gasteiger partial charge in [0.1, 0.15) is 12.4 Å². The molecule has 0 radical (unpaired) electrons. The standard InChI is InChI=1S/C17H28N6S/c1-13(2)7-5-9-18-17(19-11-15-8-6-10-24-15)20-12-16-22-21-14(3)23(16)4/h6,8,10,13H,5,7,9,11-12H2,1-4H3,(H2,18,19,20). The molecule has 0 atom stereocenters. The van der Waals surface area contributed by atoms with Gasteiger partial charge < -0.3 is 15.2 Å². The molecule has 0 bridgehead atoms. The highest BCUT2D eigenvalue weighted by molar-refractivity contribution is 7.09. The predicted octanol–water partition coefficient (Wildman–Crippen LogP) is 2.86. The molecule has 2 N–H and O–H groups in total. The van der Waals surface area contributed by atoms with Crippen molar-refractivity contribution in [3.05, 3.63) is 34.0 Å². The first kappa shape index (κ1) is 18.4. The summed E-state index contributed by atoms with van der Waals surface area (Å²) in [6, 6.07) is 4.19. The van der Waals surface area contributed by atoms with Crippen LogP contribution >= 0.6 is 11.3 Å². The van der Waals surface area contributed by atoms with Crippen molar-refractivity contribution in [2.75, 3.05) is 6.54 Å². The van der Waals surface area contributed by atoms with Gasteiger partial charge in [0.2, 0.25) is 0 Å². The van der Waals surface area contributed by atoms with Crippen molar-refractivity contribution >= 4 is 17.3 Å². The monoisotopic (exact) mass is 348 g/mol. The number of thiophene rings is 1. The molecule has 0 aliphatic heterocycles. The van der Waals surface area contributed by atoms with Crippen LogP contribution in [0.2, 0.25) is 0 Å². The van der Waals surface area contributed by atoms with Crippen LogP contribution in [0, 0.1) is 12.8 Å². The highest BCUT2D eigenvalue weighted by Gasteiger charge is 2.05. The summed E-state index contributed by atoms with van der Waals surface area (Å²) in [5, 5.41) is 17.2. The molecule has 0 fully saturated rings. The third-order valence-electron chi connectivity index (χ3n) is 3.82. The molecule has 0 aromatic carbocycles. The minimum Gasteiger partial charge on any atom is -0.356 e. The van der Waals surface area contributed by atoms with Crippen LogP contribution in [0.3, 0.4) is 0 Å². The number of aliphatic imine (C=N–C) groups is 1. The predicted molar refractivity (Wildman–Crippen MR) is 100 cm³/mol. The van der Waals surface area contributed by atoms with Crippen LogP contribution in [0.15, 0.2) is 22.5 Å². The fourth-order valence-electron chi connectivity index (χ4n) is 2.21. The van der Waals surface area contributed by atoms with Crippen LogP contribution in [0.25, 0.3) is 0 Å². The van der Waals surface area contributed by atoms with E-state index in [1.165, 1.54) is 11.3 Å². The molecule has 0 spiro atoms. The maximum Gasteiger partial charge on any atom is 0.192 e. The van der Waals surface area contributed by atoms with E-state index >= 15 is 0 Å². The van der Waals surface area contributed by atoms with Crippen molar-refractivity contribution < 1.29 is 0 Å². The first-order valence-electron chi connectivity index (χ1n) is 8.45. The first-order chi connectivity index (χ1) is 11.6. The van der Waals surface area contributed by atoms with Gasteiger partial charge in [0.15, 0.2) is 11.8 Å². The van der Waals surface area contributed by atoms with Gasteiger partial charge in [0.05, 0.1) is 6.54 Å². The first-order valence-corrected chi connectivity index (χ1v) is 9.33. The summed E-state index contributed by atoms with van der Waals surface area (Å²) < 4.78 is 1.97. The third-order valence-corrected chi connectivity index (χ3v) is 4.70. The number of aromatic nitrogens is 3. The zero-order valence-electron chi connectivity index (χ0n) is 15.0. The van der Waals surface area contributed by atoms with E-state index in [0.29, 0.717) is 6.54 Å². The molecule has 7 heteroatoms. The van der Waals surface area contributed by atoms with Crippen molar-refractivity contribution in [2.24, 2.45) is 18.0 Å². The molecular formula is C17H28N6S. The number of aryl methyl sites for hydroxylation is 1. The lowest BCUT2D eigenvalue weighted by atomic mass is 10.1. The Morgan fingerprint density at radius 3 is 2.79 bits per heavy atom. The van der Waals surface area contributed by atoms with Gasteiger partial charge in [-0.2, -0.15) is 0 Å². The summed E-state index contributed by atoms with van der Waals surface area (Å²) >= 11 is 1.75. The van der Waals surface area contributed by atoms with E-state index in [2.05, 4.69) is 57.2 Å². The molecule has 132 valence electrons. The zero-order chi connectivity index (χ0) is 17.4. The van der Waals surface area contributed by atoms with Crippen molar-refractivity contribution in [1.82, 2.24) is 25.4 Å². The van der Waals surface area contributed by atoms with Crippen LogP contribution in [0.4, 0.5) is 0 Å². The van der Waals surface area contributed by atoms with E-state index in [9.17, 15) is 0 Å². The van der Waals surface area contributed by atoms with E-state index in [4.69, 9.17) is 0 Å². The smallest absolute Gasteiger partial charge is 0.192 e. The minimum atomic E-state index is 0.515. The van der Waals surface area contributed by atoms with Crippen LogP contribution in [0.5, 0.6) is 0 Å². The van der Waals surface area contributed by atoms with Crippen LogP contribution in [-0.2, 0) is 20.1 Å². The van der Waals surface area contributed by atoms with E-state index in [1.54, 1.807) is 11.3 Å². The molecule has 2 rings (SSSR count). The van der Waals surface area contributed by atoms with Gasteiger partial charge in [-0.3, -0.25) is 0 Å². The molecule has 0 unspecified atom stereocenters. The number of nitrogens with one attached hydrogen (secondary N) is 2. The van der Waals surface area contributed by atoms with Crippen LogP contribution < -0.4 is 10.6 Å². The topological polar surface area (TPSA) is 67.1 Å². The lowest BCUT2D eigenvalue weighted by Crippen LogP contribution is -2.37. The molecule has 0 saturated heterocycles. The Morgan fingerprint density at radius 2 is 2.17 bits per heavy atom. The quantitative estimate of drug-likeness (QED) is 0.437.